The first-order chi connectivity index (χ1) is 19.5. The van der Waals surface area contributed by atoms with Crippen LogP contribution in [0, 0.1) is 19.8 Å². The van der Waals surface area contributed by atoms with Gasteiger partial charge in [-0.1, -0.05) is 19.9 Å². The van der Waals surface area contributed by atoms with Crippen molar-refractivity contribution in [2.75, 3.05) is 32.6 Å². The number of aryl methyl sites for hydroxylation is 2. The lowest BCUT2D eigenvalue weighted by Crippen LogP contribution is -2.40. The van der Waals surface area contributed by atoms with E-state index in [1.54, 1.807) is 23.8 Å². The van der Waals surface area contributed by atoms with E-state index in [2.05, 4.69) is 5.32 Å². The van der Waals surface area contributed by atoms with Gasteiger partial charge in [-0.25, -0.2) is 13.4 Å². The van der Waals surface area contributed by atoms with Crippen LogP contribution in [-0.4, -0.2) is 55.5 Å². The Kier molecular flexibility index (Phi) is 9.14. The van der Waals surface area contributed by atoms with Crippen LogP contribution in [0.15, 0.2) is 77.8 Å². The van der Waals surface area contributed by atoms with Crippen LogP contribution in [0.4, 0.5) is 5.95 Å². The third-order valence-corrected chi connectivity index (χ3v) is 8.52. The highest BCUT2D eigenvalue weighted by atomic mass is 32.2. The minimum atomic E-state index is -3.95. The molecule has 10 heteroatoms. The number of carbonyl (C=O) groups is 1. The summed E-state index contributed by atoms with van der Waals surface area (Å²) >= 11 is 0. The van der Waals surface area contributed by atoms with Crippen LogP contribution < -0.4 is 14.8 Å². The number of amides is 1. The monoisotopic (exact) mass is 576 g/mol. The summed E-state index contributed by atoms with van der Waals surface area (Å²) < 4.78 is 40.5. The Labute approximate surface area is 241 Å². The molecule has 3 aromatic carbocycles. The molecule has 1 heterocycles. The van der Waals surface area contributed by atoms with Gasteiger partial charge in [0.1, 0.15) is 11.5 Å². The Morgan fingerprint density at radius 3 is 2.10 bits per heavy atom. The second kappa shape index (κ2) is 12.6. The van der Waals surface area contributed by atoms with Crippen molar-refractivity contribution in [3.8, 4) is 28.4 Å². The lowest BCUT2D eigenvalue weighted by molar-refractivity contribution is -0.116. The molecule has 0 saturated heterocycles. The predicted molar refractivity (Wildman–Crippen MR) is 160 cm³/mol. The molecule has 0 radical (unpaired) electrons. The first kappa shape index (κ1) is 29.8. The van der Waals surface area contributed by atoms with Crippen LogP contribution in [0.2, 0.25) is 0 Å². The lowest BCUT2D eigenvalue weighted by Gasteiger charge is -2.23. The molecule has 0 spiro atoms. The van der Waals surface area contributed by atoms with Gasteiger partial charge in [0.15, 0.2) is 0 Å². The average Bonchev–Trinajstić information content (AvgIpc) is 3.37. The third-order valence-electron chi connectivity index (χ3n) is 6.70. The number of rotatable bonds is 11. The number of hydrogen-bond acceptors (Lipinski definition) is 6. The van der Waals surface area contributed by atoms with E-state index < -0.39 is 15.9 Å². The molecule has 0 aliphatic carbocycles. The Hall–Kier alpha value is -4.15. The maximum absolute atomic E-state index is 13.5. The van der Waals surface area contributed by atoms with Crippen molar-refractivity contribution in [1.29, 1.82) is 0 Å². The molecular formula is C31H36N4O5S. The SMILES string of the molecule is COc1ccc(-c2cn(-c3ccc(C)c(C)c3)c(NC(=O)CN(CC(C)C)S(=O)(=O)c3ccc(OC)cc3)n2)cc1. The molecule has 9 nitrogen and oxygen atoms in total. The molecule has 216 valence electrons. The Morgan fingerprint density at radius 2 is 1.54 bits per heavy atom. The number of nitrogens with zero attached hydrogens (tertiary/aromatic N) is 3. The normalized spacial score (nSPS) is 11.6. The number of anilines is 1. The van der Waals surface area contributed by atoms with Crippen molar-refractivity contribution >= 4 is 21.9 Å². The van der Waals surface area contributed by atoms with Crippen LogP contribution in [0.25, 0.3) is 16.9 Å². The van der Waals surface area contributed by atoms with Crippen LogP contribution in [0.3, 0.4) is 0 Å². The molecule has 41 heavy (non-hydrogen) atoms. The van der Waals surface area contributed by atoms with Gasteiger partial charge in [-0.05, 0) is 91.6 Å². The van der Waals surface area contributed by atoms with E-state index in [0.29, 0.717) is 11.4 Å². The minimum absolute atomic E-state index is 0.00461. The largest absolute Gasteiger partial charge is 0.497 e. The van der Waals surface area contributed by atoms with Gasteiger partial charge < -0.3 is 9.47 Å². The Bertz CT molecular complexity index is 1610. The zero-order valence-corrected chi connectivity index (χ0v) is 25.0. The molecule has 1 amide bonds. The highest BCUT2D eigenvalue weighted by molar-refractivity contribution is 7.89. The Morgan fingerprint density at radius 1 is 0.927 bits per heavy atom. The summed E-state index contributed by atoms with van der Waals surface area (Å²) in [6.45, 7) is 7.66. The molecule has 1 aromatic heterocycles. The fourth-order valence-electron chi connectivity index (χ4n) is 4.32. The fourth-order valence-corrected chi connectivity index (χ4v) is 5.88. The van der Waals surface area contributed by atoms with Crippen LogP contribution in [-0.2, 0) is 14.8 Å². The van der Waals surface area contributed by atoms with Gasteiger partial charge in [-0.2, -0.15) is 4.31 Å². The second-order valence-electron chi connectivity index (χ2n) is 10.2. The summed E-state index contributed by atoms with van der Waals surface area (Å²) in [5, 5.41) is 2.86. The van der Waals surface area contributed by atoms with Gasteiger partial charge in [-0.15, -0.1) is 0 Å². The molecule has 0 unspecified atom stereocenters. The molecular weight excluding hydrogens is 540 g/mol. The van der Waals surface area contributed by atoms with Gasteiger partial charge in [0.25, 0.3) is 0 Å². The molecule has 0 bridgehead atoms. The summed E-state index contributed by atoms with van der Waals surface area (Å²) in [4.78, 5) is 18.2. The van der Waals surface area contributed by atoms with E-state index in [1.165, 1.54) is 23.5 Å². The number of nitrogens with one attached hydrogen (secondary N) is 1. The topological polar surface area (TPSA) is 103 Å². The number of benzene rings is 3. The standard InChI is InChI=1S/C31H36N4O5S/c1-21(2)18-34(41(37,38)28-15-13-27(40-6)14-16-28)20-30(36)33-31-32-29(24-8-11-26(39-5)12-9-24)19-35(31)25-10-7-22(3)23(4)17-25/h7-17,19,21H,18,20H2,1-6H3,(H,32,33,36). The van der Waals surface area contributed by atoms with Crippen LogP contribution in [0.1, 0.15) is 25.0 Å². The zero-order chi connectivity index (χ0) is 29.7. The summed E-state index contributed by atoms with van der Waals surface area (Å²) in [6.07, 6.45) is 1.85. The van der Waals surface area contributed by atoms with Crippen LogP contribution >= 0.6 is 0 Å². The van der Waals surface area contributed by atoms with E-state index in [4.69, 9.17) is 14.5 Å². The van der Waals surface area contributed by atoms with Crippen LogP contribution in [0.5, 0.6) is 11.5 Å². The van der Waals surface area contributed by atoms with Crippen molar-refractivity contribution in [1.82, 2.24) is 13.9 Å². The zero-order valence-electron chi connectivity index (χ0n) is 24.2. The minimum Gasteiger partial charge on any atom is -0.497 e. The maximum atomic E-state index is 13.5. The van der Waals surface area contributed by atoms with E-state index >= 15 is 0 Å². The second-order valence-corrected chi connectivity index (χ2v) is 12.2. The smallest absolute Gasteiger partial charge is 0.243 e. The number of sulfonamides is 1. The van der Waals surface area contributed by atoms with Crippen molar-refractivity contribution in [3.63, 3.8) is 0 Å². The van der Waals surface area contributed by atoms with Gasteiger partial charge in [0.05, 0.1) is 31.4 Å². The molecule has 1 N–H and O–H groups in total. The predicted octanol–water partition coefficient (Wildman–Crippen LogP) is 5.46. The number of imidazole rings is 1. The highest BCUT2D eigenvalue weighted by Gasteiger charge is 2.28. The fraction of sp³-hybridized carbons (Fsp3) is 0.290. The summed E-state index contributed by atoms with van der Waals surface area (Å²) in [7, 11) is -0.827. The van der Waals surface area contributed by atoms with Gasteiger partial charge in [-0.3, -0.25) is 14.7 Å². The van der Waals surface area contributed by atoms with E-state index in [-0.39, 0.29) is 29.9 Å². The van der Waals surface area contributed by atoms with Gasteiger partial charge in [0, 0.05) is 24.0 Å². The summed E-state index contributed by atoms with van der Waals surface area (Å²) in [6, 6.07) is 19.6. The van der Waals surface area contributed by atoms with E-state index in [9.17, 15) is 13.2 Å². The van der Waals surface area contributed by atoms with Gasteiger partial charge >= 0.3 is 0 Å². The number of hydrogen-bond donors (Lipinski definition) is 1. The van der Waals surface area contributed by atoms with E-state index in [1.807, 2.05) is 76.4 Å². The molecule has 0 saturated carbocycles. The number of ether oxygens (including phenoxy) is 2. The Balaban J connectivity index is 1.66. The third kappa shape index (κ3) is 6.96. The molecule has 4 rings (SSSR count). The lowest BCUT2D eigenvalue weighted by atomic mass is 10.1. The quantitative estimate of drug-likeness (QED) is 0.254. The molecule has 4 aromatic rings. The molecule has 0 aliphatic rings. The van der Waals surface area contributed by atoms with Crippen molar-refractivity contribution in [2.24, 2.45) is 5.92 Å². The molecule has 0 atom stereocenters. The van der Waals surface area contributed by atoms with Crippen molar-refractivity contribution in [2.45, 2.75) is 32.6 Å². The maximum Gasteiger partial charge on any atom is 0.243 e. The number of aromatic nitrogens is 2. The summed E-state index contributed by atoms with van der Waals surface area (Å²) in [5.41, 5.74) is 4.54. The first-order valence-electron chi connectivity index (χ1n) is 13.3. The van der Waals surface area contributed by atoms with Crippen molar-refractivity contribution in [3.05, 3.63) is 84.1 Å². The molecule has 0 fully saturated rings. The first-order valence-corrected chi connectivity index (χ1v) is 14.7. The van der Waals surface area contributed by atoms with E-state index in [0.717, 1.165) is 28.1 Å². The highest BCUT2D eigenvalue weighted by Crippen LogP contribution is 2.27. The number of carbonyl (C=O) groups excluding carboxylic acids is 1. The van der Waals surface area contributed by atoms with Gasteiger partial charge in [0.2, 0.25) is 21.9 Å². The summed E-state index contributed by atoms with van der Waals surface area (Å²) in [5.74, 6) is 1.05. The number of methoxy groups -OCH3 is 2. The molecule has 0 aliphatic heterocycles. The van der Waals surface area contributed by atoms with Crippen molar-refractivity contribution < 1.29 is 22.7 Å². The average molecular weight is 577 g/mol.